The molecule has 0 amide bonds. The molecular weight excluding hydrogens is 235 g/mol. The number of aryl methyl sites for hydroxylation is 1. The highest BCUT2D eigenvalue weighted by Crippen LogP contribution is 2.31. The predicted molar refractivity (Wildman–Crippen MR) is 67.1 cm³/mol. The predicted octanol–water partition coefficient (Wildman–Crippen LogP) is 4.10. The van der Waals surface area contributed by atoms with Crippen LogP contribution in [0.4, 0.5) is 4.39 Å². The smallest absolute Gasteiger partial charge is 0.151 e. The maximum Gasteiger partial charge on any atom is 0.151 e. The van der Waals surface area contributed by atoms with Crippen LogP contribution in [0.5, 0.6) is 0 Å². The fraction of sp³-hybridized carbons (Fsp3) is 0.0714. The Bertz CT molecular complexity index is 552. The number of carbonyl (C=O) groups excluding carboxylic acids is 1. The van der Waals surface area contributed by atoms with E-state index in [1.165, 1.54) is 17.8 Å². The lowest BCUT2D eigenvalue weighted by Crippen LogP contribution is -1.88. The largest absolute Gasteiger partial charge is 0.298 e. The van der Waals surface area contributed by atoms with E-state index >= 15 is 0 Å². The van der Waals surface area contributed by atoms with Crippen LogP contribution < -0.4 is 0 Å². The van der Waals surface area contributed by atoms with E-state index in [0.717, 1.165) is 16.7 Å². The average molecular weight is 246 g/mol. The summed E-state index contributed by atoms with van der Waals surface area (Å²) in [5, 5.41) is 0. The lowest BCUT2D eigenvalue weighted by molar-refractivity contribution is 0.112. The molecule has 0 aliphatic carbocycles. The second-order valence-corrected chi connectivity index (χ2v) is 4.78. The maximum atomic E-state index is 13.5. The van der Waals surface area contributed by atoms with Gasteiger partial charge in [0.05, 0.1) is 0 Å². The molecule has 2 aromatic carbocycles. The number of halogens is 1. The lowest BCUT2D eigenvalue weighted by Gasteiger charge is -2.06. The van der Waals surface area contributed by atoms with E-state index in [4.69, 9.17) is 0 Å². The molecule has 0 spiro atoms. The van der Waals surface area contributed by atoms with Crippen LogP contribution in [-0.2, 0) is 0 Å². The minimum atomic E-state index is -0.269. The summed E-state index contributed by atoms with van der Waals surface area (Å²) in [4.78, 5) is 12.2. The third-order valence-corrected chi connectivity index (χ3v) is 3.49. The third-order valence-electron chi connectivity index (χ3n) is 2.35. The van der Waals surface area contributed by atoms with Gasteiger partial charge in [0.1, 0.15) is 5.82 Å². The molecule has 0 aliphatic rings. The van der Waals surface area contributed by atoms with Crippen molar-refractivity contribution >= 4 is 18.0 Å². The summed E-state index contributed by atoms with van der Waals surface area (Å²) >= 11 is 1.27. The molecule has 0 atom stereocenters. The summed E-state index contributed by atoms with van der Waals surface area (Å²) in [6.07, 6.45) is 0.802. The summed E-state index contributed by atoms with van der Waals surface area (Å²) in [6.45, 7) is 1.92. The van der Waals surface area contributed by atoms with Gasteiger partial charge in [0.2, 0.25) is 0 Å². The first-order valence-electron chi connectivity index (χ1n) is 5.19. The molecule has 0 fully saturated rings. The Kier molecular flexibility index (Phi) is 3.59. The first kappa shape index (κ1) is 11.9. The first-order valence-corrected chi connectivity index (χ1v) is 6.00. The van der Waals surface area contributed by atoms with Crippen LogP contribution in [-0.4, -0.2) is 6.29 Å². The van der Waals surface area contributed by atoms with Gasteiger partial charge >= 0.3 is 0 Å². The quantitative estimate of drug-likeness (QED) is 0.758. The summed E-state index contributed by atoms with van der Waals surface area (Å²) in [6, 6.07) is 12.1. The van der Waals surface area contributed by atoms with Gasteiger partial charge in [0, 0.05) is 15.4 Å². The summed E-state index contributed by atoms with van der Waals surface area (Å²) < 4.78 is 13.5. The van der Waals surface area contributed by atoms with Gasteiger partial charge in [0.25, 0.3) is 0 Å². The van der Waals surface area contributed by atoms with Gasteiger partial charge in [-0.3, -0.25) is 4.79 Å². The molecule has 2 aromatic rings. The molecule has 0 unspecified atom stereocenters. The number of hydrogen-bond donors (Lipinski definition) is 0. The normalized spacial score (nSPS) is 10.2. The van der Waals surface area contributed by atoms with E-state index < -0.39 is 0 Å². The molecule has 86 valence electrons. The summed E-state index contributed by atoms with van der Waals surface area (Å²) in [5.41, 5.74) is 1.61. The van der Waals surface area contributed by atoms with Crippen molar-refractivity contribution in [2.75, 3.05) is 0 Å². The maximum absolute atomic E-state index is 13.5. The van der Waals surface area contributed by atoms with Gasteiger partial charge in [-0.25, -0.2) is 4.39 Å². The highest BCUT2D eigenvalue weighted by atomic mass is 32.2. The number of carbonyl (C=O) groups is 1. The van der Waals surface area contributed by atoms with Gasteiger partial charge in [-0.1, -0.05) is 35.5 Å². The second-order valence-electron chi connectivity index (χ2n) is 3.69. The second kappa shape index (κ2) is 5.15. The van der Waals surface area contributed by atoms with Gasteiger partial charge in [-0.05, 0) is 31.2 Å². The zero-order valence-corrected chi connectivity index (χ0v) is 10.1. The highest BCUT2D eigenvalue weighted by molar-refractivity contribution is 7.99. The molecular formula is C14H11FOS. The van der Waals surface area contributed by atoms with Crippen molar-refractivity contribution in [1.82, 2.24) is 0 Å². The SMILES string of the molecule is Cc1ccc(Sc2ccccc2F)c(C=O)c1. The van der Waals surface area contributed by atoms with Crippen LogP contribution in [0.25, 0.3) is 0 Å². The van der Waals surface area contributed by atoms with Crippen LogP contribution in [0.15, 0.2) is 52.3 Å². The van der Waals surface area contributed by atoms with Crippen molar-refractivity contribution in [3.8, 4) is 0 Å². The Morgan fingerprint density at radius 1 is 1.12 bits per heavy atom. The van der Waals surface area contributed by atoms with Crippen molar-refractivity contribution in [3.63, 3.8) is 0 Å². The molecule has 2 rings (SSSR count). The molecule has 0 saturated heterocycles. The molecule has 0 N–H and O–H groups in total. The standard InChI is InChI=1S/C14H11FOS/c1-10-6-7-13(11(8-10)9-16)17-14-5-3-2-4-12(14)15/h2-9H,1H3. The van der Waals surface area contributed by atoms with Crippen molar-refractivity contribution < 1.29 is 9.18 Å². The Hall–Kier alpha value is -1.61. The van der Waals surface area contributed by atoms with Crippen LogP contribution in [0, 0.1) is 12.7 Å². The van der Waals surface area contributed by atoms with Crippen molar-refractivity contribution in [2.24, 2.45) is 0 Å². The van der Waals surface area contributed by atoms with E-state index in [2.05, 4.69) is 0 Å². The molecule has 0 bridgehead atoms. The van der Waals surface area contributed by atoms with Crippen molar-refractivity contribution in [3.05, 3.63) is 59.4 Å². The minimum absolute atomic E-state index is 0.269. The van der Waals surface area contributed by atoms with E-state index in [0.29, 0.717) is 10.5 Å². The topological polar surface area (TPSA) is 17.1 Å². The Morgan fingerprint density at radius 2 is 1.88 bits per heavy atom. The number of hydrogen-bond acceptors (Lipinski definition) is 2. The zero-order valence-electron chi connectivity index (χ0n) is 9.31. The van der Waals surface area contributed by atoms with Crippen molar-refractivity contribution in [1.29, 1.82) is 0 Å². The zero-order chi connectivity index (χ0) is 12.3. The fourth-order valence-electron chi connectivity index (χ4n) is 1.50. The lowest BCUT2D eigenvalue weighted by atomic mass is 10.2. The molecule has 1 nitrogen and oxygen atoms in total. The molecule has 0 heterocycles. The first-order chi connectivity index (χ1) is 8.20. The highest BCUT2D eigenvalue weighted by Gasteiger charge is 2.07. The van der Waals surface area contributed by atoms with E-state index in [9.17, 15) is 9.18 Å². The molecule has 0 aliphatic heterocycles. The minimum Gasteiger partial charge on any atom is -0.298 e. The molecule has 17 heavy (non-hydrogen) atoms. The average Bonchev–Trinajstić information content (AvgIpc) is 2.34. The van der Waals surface area contributed by atoms with Gasteiger partial charge in [-0.2, -0.15) is 0 Å². The van der Waals surface area contributed by atoms with E-state index in [-0.39, 0.29) is 5.82 Å². The number of benzene rings is 2. The molecule has 0 radical (unpaired) electrons. The Labute approximate surface area is 104 Å². The summed E-state index contributed by atoms with van der Waals surface area (Å²) in [7, 11) is 0. The van der Waals surface area contributed by atoms with Gasteiger partial charge in [-0.15, -0.1) is 0 Å². The van der Waals surface area contributed by atoms with Crippen LogP contribution in [0.3, 0.4) is 0 Å². The van der Waals surface area contributed by atoms with Crippen LogP contribution >= 0.6 is 11.8 Å². The van der Waals surface area contributed by atoms with Gasteiger partial charge < -0.3 is 0 Å². The van der Waals surface area contributed by atoms with Crippen LogP contribution in [0.1, 0.15) is 15.9 Å². The van der Waals surface area contributed by atoms with E-state index in [1.807, 2.05) is 19.1 Å². The molecule has 3 heteroatoms. The molecule has 0 saturated carbocycles. The van der Waals surface area contributed by atoms with Crippen LogP contribution in [0.2, 0.25) is 0 Å². The Morgan fingerprint density at radius 3 is 2.59 bits per heavy atom. The van der Waals surface area contributed by atoms with Gasteiger partial charge in [0.15, 0.2) is 6.29 Å². The fourth-order valence-corrected chi connectivity index (χ4v) is 2.41. The van der Waals surface area contributed by atoms with E-state index in [1.54, 1.807) is 24.3 Å². The molecule has 0 aromatic heterocycles. The number of aldehydes is 1. The third kappa shape index (κ3) is 2.74. The number of rotatable bonds is 3. The Balaban J connectivity index is 2.36. The summed E-state index contributed by atoms with van der Waals surface area (Å²) in [5.74, 6) is -0.269. The monoisotopic (exact) mass is 246 g/mol. The van der Waals surface area contributed by atoms with Crippen molar-refractivity contribution in [2.45, 2.75) is 16.7 Å².